The number of carboxylic acid groups (broad SMARTS) is 1. The average molecular weight is 699 g/mol. The molecule has 0 bridgehead atoms. The maximum Gasteiger partial charge on any atom is 0.344 e. The van der Waals surface area contributed by atoms with Gasteiger partial charge < -0.3 is 15.2 Å². The Labute approximate surface area is 195 Å². The van der Waals surface area contributed by atoms with Crippen LogP contribution in [0.25, 0.3) is 0 Å². The molecule has 2 N–H and O–H groups in total. The van der Waals surface area contributed by atoms with Gasteiger partial charge in [-0.2, -0.15) is 0 Å². The highest BCUT2D eigenvalue weighted by molar-refractivity contribution is 14.1. The van der Waals surface area contributed by atoms with Gasteiger partial charge in [-0.25, -0.2) is 4.79 Å². The van der Waals surface area contributed by atoms with Crippen LogP contribution in [0.2, 0.25) is 0 Å². The van der Waals surface area contributed by atoms with Gasteiger partial charge in [0, 0.05) is 9.99 Å². The summed E-state index contributed by atoms with van der Waals surface area (Å²) in [5.74, 6) is -0.463. The monoisotopic (exact) mass is 699 g/mol. The number of nitrogens with one attached hydrogen (secondary N) is 1. The molecule has 1 rings (SSSR count). The summed E-state index contributed by atoms with van der Waals surface area (Å²) in [6.07, 6.45) is 4.71. The van der Waals surface area contributed by atoms with E-state index in [1.165, 1.54) is 0 Å². The van der Waals surface area contributed by atoms with Gasteiger partial charge in [0.2, 0.25) is 5.91 Å². The lowest BCUT2D eigenvalue weighted by Crippen LogP contribution is -2.28. The predicted molar refractivity (Wildman–Crippen MR) is 129 cm³/mol. The van der Waals surface area contributed by atoms with Crippen molar-refractivity contribution in [3.8, 4) is 5.75 Å². The lowest BCUT2D eigenvalue weighted by Gasteiger charge is -2.20. The number of hydrogen-bond acceptors (Lipinski definition) is 3. The summed E-state index contributed by atoms with van der Waals surface area (Å²) in [5, 5.41) is 12.4. The van der Waals surface area contributed by atoms with Crippen LogP contribution < -0.4 is 10.1 Å². The normalized spacial score (nSPS) is 11.9. The van der Waals surface area contributed by atoms with Crippen LogP contribution in [-0.2, 0) is 9.59 Å². The Bertz CT molecular complexity index is 637. The molecule has 0 aliphatic carbocycles. The zero-order chi connectivity index (χ0) is 19.7. The lowest BCUT2D eigenvalue weighted by atomic mass is 10.1. The van der Waals surface area contributed by atoms with Crippen molar-refractivity contribution in [2.45, 2.75) is 64.9 Å². The van der Waals surface area contributed by atoms with Crippen LogP contribution in [0, 0.1) is 10.7 Å². The van der Waals surface area contributed by atoms with E-state index in [0.717, 1.165) is 42.8 Å². The van der Waals surface area contributed by atoms with E-state index >= 15 is 0 Å². The van der Waals surface area contributed by atoms with E-state index in [0.29, 0.717) is 24.3 Å². The third-order valence-corrected chi connectivity index (χ3v) is 6.44. The molecule has 1 amide bonds. The van der Waals surface area contributed by atoms with Crippen LogP contribution in [-0.4, -0.2) is 23.1 Å². The van der Waals surface area contributed by atoms with Gasteiger partial charge >= 0.3 is 5.97 Å². The van der Waals surface area contributed by atoms with Gasteiger partial charge in [0.15, 0.2) is 6.10 Å². The molecular weight excluding hydrogens is 675 g/mol. The van der Waals surface area contributed by atoms with E-state index in [2.05, 4.69) is 80.0 Å². The van der Waals surface area contributed by atoms with Gasteiger partial charge in [0.25, 0.3) is 0 Å². The minimum Gasteiger partial charge on any atom is -0.479 e. The molecule has 1 unspecified atom stereocenters. The number of aliphatic carboxylic acids is 1. The zero-order valence-electron chi connectivity index (χ0n) is 14.9. The molecule has 0 saturated carbocycles. The molecule has 1 aromatic rings. The van der Waals surface area contributed by atoms with Crippen molar-refractivity contribution in [3.63, 3.8) is 0 Å². The number of anilines is 1. The first-order valence-electron chi connectivity index (χ1n) is 8.68. The van der Waals surface area contributed by atoms with E-state index in [-0.39, 0.29) is 5.91 Å². The standard InChI is InChI=1S/C18H24I3NO4/c1-3-5-7-9-14(23)22-16-11(19)10-12(20)17(15(16)21)26-13(18(24)25)8-6-4-2/h10,13H,3-9H2,1-2H3,(H,22,23)(H,24,25). The molecule has 0 radical (unpaired) electrons. The van der Waals surface area contributed by atoms with E-state index < -0.39 is 12.1 Å². The number of ether oxygens (including phenoxy) is 1. The molecule has 0 aliphatic heterocycles. The van der Waals surface area contributed by atoms with Gasteiger partial charge in [0.05, 0.1) is 12.8 Å². The lowest BCUT2D eigenvalue weighted by molar-refractivity contribution is -0.145. The van der Waals surface area contributed by atoms with Crippen LogP contribution >= 0.6 is 67.8 Å². The summed E-state index contributed by atoms with van der Waals surface area (Å²) < 4.78 is 8.33. The number of benzene rings is 1. The summed E-state index contributed by atoms with van der Waals surface area (Å²) >= 11 is 6.45. The van der Waals surface area contributed by atoms with Crippen molar-refractivity contribution >= 4 is 85.3 Å². The highest BCUT2D eigenvalue weighted by atomic mass is 127. The molecule has 1 atom stereocenters. The van der Waals surface area contributed by atoms with E-state index in [4.69, 9.17) is 4.74 Å². The fraction of sp³-hybridized carbons (Fsp3) is 0.556. The number of unbranched alkanes of at least 4 members (excludes halogenated alkanes) is 3. The molecule has 5 nitrogen and oxygen atoms in total. The fourth-order valence-corrected chi connectivity index (χ4v) is 6.19. The SMILES string of the molecule is CCCCCC(=O)Nc1c(I)cc(I)c(OC(CCCC)C(=O)O)c1I. The molecule has 1 aromatic carbocycles. The molecule has 8 heteroatoms. The first-order chi connectivity index (χ1) is 12.3. The molecule has 0 heterocycles. The van der Waals surface area contributed by atoms with Crippen LogP contribution in [0.1, 0.15) is 58.8 Å². The number of amides is 1. The van der Waals surface area contributed by atoms with Gasteiger partial charge in [0.1, 0.15) is 5.75 Å². The van der Waals surface area contributed by atoms with Gasteiger partial charge in [-0.3, -0.25) is 4.79 Å². The summed E-state index contributed by atoms with van der Waals surface area (Å²) in [7, 11) is 0. The topological polar surface area (TPSA) is 75.6 Å². The van der Waals surface area contributed by atoms with Gasteiger partial charge in [-0.1, -0.05) is 33.1 Å². The third kappa shape index (κ3) is 7.64. The maximum atomic E-state index is 12.2. The van der Waals surface area contributed by atoms with Crippen molar-refractivity contribution in [1.82, 2.24) is 0 Å². The summed E-state index contributed by atoms with van der Waals surface area (Å²) in [5.41, 5.74) is 0.697. The number of carbonyl (C=O) groups excluding carboxylic acids is 1. The van der Waals surface area contributed by atoms with Crippen LogP contribution in [0.4, 0.5) is 5.69 Å². The Morgan fingerprint density at radius 2 is 1.77 bits per heavy atom. The Kier molecular flexibility index (Phi) is 11.7. The second-order valence-corrected chi connectivity index (χ2v) is 9.35. The minimum atomic E-state index is -0.964. The van der Waals surface area contributed by atoms with E-state index in [1.807, 2.05) is 13.0 Å². The third-order valence-electron chi connectivity index (χ3n) is 3.76. The largest absolute Gasteiger partial charge is 0.479 e. The summed E-state index contributed by atoms with van der Waals surface area (Å²) in [6, 6.07) is 1.90. The molecule has 0 fully saturated rings. The highest BCUT2D eigenvalue weighted by Gasteiger charge is 2.24. The first kappa shape index (κ1) is 24.2. The fourth-order valence-electron chi connectivity index (χ4n) is 2.30. The van der Waals surface area contributed by atoms with Crippen LogP contribution in [0.15, 0.2) is 6.07 Å². The molecular formula is C18H24I3NO4. The van der Waals surface area contributed by atoms with Crippen molar-refractivity contribution in [2.24, 2.45) is 0 Å². The van der Waals surface area contributed by atoms with Crippen molar-refractivity contribution in [2.75, 3.05) is 5.32 Å². The number of carbonyl (C=O) groups is 2. The molecule has 0 aromatic heterocycles. The van der Waals surface area contributed by atoms with Crippen molar-refractivity contribution in [3.05, 3.63) is 16.8 Å². The Hall–Kier alpha value is 0.150. The van der Waals surface area contributed by atoms with Crippen molar-refractivity contribution < 1.29 is 19.4 Å². The molecule has 26 heavy (non-hydrogen) atoms. The first-order valence-corrected chi connectivity index (χ1v) is 11.9. The Morgan fingerprint density at radius 3 is 2.35 bits per heavy atom. The maximum absolute atomic E-state index is 12.2. The quantitative estimate of drug-likeness (QED) is 0.218. The number of carboxylic acids is 1. The van der Waals surface area contributed by atoms with Gasteiger partial charge in [-0.15, -0.1) is 0 Å². The minimum absolute atomic E-state index is 0.0257. The second-order valence-electron chi connectivity index (χ2n) is 5.95. The molecule has 0 aliphatic rings. The zero-order valence-corrected chi connectivity index (χ0v) is 21.4. The summed E-state index contributed by atoms with van der Waals surface area (Å²) in [6.45, 7) is 4.12. The summed E-state index contributed by atoms with van der Waals surface area (Å²) in [4.78, 5) is 23.7. The van der Waals surface area contributed by atoms with E-state index in [1.54, 1.807) is 0 Å². The molecule has 0 spiro atoms. The van der Waals surface area contributed by atoms with Crippen molar-refractivity contribution in [1.29, 1.82) is 0 Å². The number of rotatable bonds is 11. The Balaban J connectivity index is 3.03. The van der Waals surface area contributed by atoms with Gasteiger partial charge in [-0.05, 0) is 93.1 Å². The number of hydrogen-bond donors (Lipinski definition) is 2. The predicted octanol–water partition coefficient (Wildman–Crippen LogP) is 6.04. The van der Waals surface area contributed by atoms with Crippen LogP contribution in [0.5, 0.6) is 5.75 Å². The highest BCUT2D eigenvalue weighted by Crippen LogP contribution is 2.38. The Morgan fingerprint density at radius 1 is 1.12 bits per heavy atom. The number of halogens is 3. The smallest absolute Gasteiger partial charge is 0.344 e. The average Bonchev–Trinajstić information content (AvgIpc) is 2.57. The molecule has 146 valence electrons. The van der Waals surface area contributed by atoms with E-state index in [9.17, 15) is 14.7 Å². The molecule has 0 saturated heterocycles. The van der Waals surface area contributed by atoms with Crippen LogP contribution in [0.3, 0.4) is 0 Å². The second kappa shape index (κ2) is 12.6.